The molecule has 3 rings (SSSR count). The average molecular weight is 545 g/mol. The Hall–Kier alpha value is -1.62. The maximum absolute atomic E-state index is 13.6. The molecule has 1 atom stereocenters. The Balaban J connectivity index is 1.53. The lowest BCUT2D eigenvalue weighted by molar-refractivity contribution is -0.158. The van der Waals surface area contributed by atoms with Gasteiger partial charge in [-0.15, -0.1) is 0 Å². The number of esters is 1. The second-order valence-electron chi connectivity index (χ2n) is 11.2. The summed E-state index contributed by atoms with van der Waals surface area (Å²) in [5.41, 5.74) is 0.979. The first-order valence-corrected chi connectivity index (χ1v) is 14.8. The van der Waals surface area contributed by atoms with E-state index in [2.05, 4.69) is 5.32 Å². The predicted octanol–water partition coefficient (Wildman–Crippen LogP) is 4.61. The Bertz CT molecular complexity index is 1020. The molecule has 1 aromatic rings. The third-order valence-electron chi connectivity index (χ3n) is 6.82. The van der Waals surface area contributed by atoms with Gasteiger partial charge in [-0.3, -0.25) is 4.79 Å². The van der Waals surface area contributed by atoms with Crippen molar-refractivity contribution in [3.05, 3.63) is 29.3 Å². The maximum atomic E-state index is 13.6. The van der Waals surface area contributed by atoms with Gasteiger partial charge in [0.05, 0.1) is 11.5 Å². The predicted molar refractivity (Wildman–Crippen MR) is 138 cm³/mol. The highest BCUT2D eigenvalue weighted by Gasteiger charge is 2.42. The lowest BCUT2D eigenvalue weighted by Crippen LogP contribution is -2.43. The van der Waals surface area contributed by atoms with Crippen molar-refractivity contribution in [2.45, 2.75) is 108 Å². The van der Waals surface area contributed by atoms with Gasteiger partial charge < -0.3 is 14.8 Å². The quantitative estimate of drug-likeness (QED) is 0.324. The molecular formula is C27H42F2N2O5S. The monoisotopic (exact) mass is 544 g/mol. The van der Waals surface area contributed by atoms with Crippen molar-refractivity contribution in [2.75, 3.05) is 26.3 Å². The number of ether oxygens (including phenoxy) is 2. The molecule has 7 nitrogen and oxygen atoms in total. The average Bonchev–Trinajstić information content (AvgIpc) is 3.29. The number of carbonyl (C=O) groups is 1. The van der Waals surface area contributed by atoms with Crippen molar-refractivity contribution in [2.24, 2.45) is 0 Å². The Morgan fingerprint density at radius 2 is 1.86 bits per heavy atom. The zero-order valence-corrected chi connectivity index (χ0v) is 23.3. The van der Waals surface area contributed by atoms with Crippen molar-refractivity contribution in [1.29, 1.82) is 0 Å². The minimum absolute atomic E-state index is 0.0663. The van der Waals surface area contributed by atoms with Gasteiger partial charge in [-0.2, -0.15) is 4.31 Å². The summed E-state index contributed by atoms with van der Waals surface area (Å²) in [6.07, 6.45) is 3.03. The number of hydrogen-bond donors (Lipinski definition) is 1. The van der Waals surface area contributed by atoms with Crippen LogP contribution in [0.3, 0.4) is 0 Å². The lowest BCUT2D eigenvalue weighted by Gasteiger charge is -2.28. The molecule has 2 aliphatic rings. The molecule has 1 N–H and O–H groups in total. The van der Waals surface area contributed by atoms with Gasteiger partial charge in [0, 0.05) is 38.6 Å². The number of halogens is 2. The molecule has 1 aliphatic carbocycles. The van der Waals surface area contributed by atoms with Crippen molar-refractivity contribution >= 4 is 16.0 Å². The summed E-state index contributed by atoms with van der Waals surface area (Å²) in [5, 5.41) is 3.28. The first-order chi connectivity index (χ1) is 17.3. The molecule has 2 fully saturated rings. The van der Waals surface area contributed by atoms with Crippen LogP contribution in [0.1, 0.15) is 76.8 Å². The molecule has 210 valence electrons. The van der Waals surface area contributed by atoms with Gasteiger partial charge in [0.2, 0.25) is 15.9 Å². The van der Waals surface area contributed by atoms with Gasteiger partial charge in [0.1, 0.15) is 11.6 Å². The smallest absolute Gasteiger partial charge is 0.324 e. The van der Waals surface area contributed by atoms with E-state index in [1.807, 2.05) is 13.0 Å². The molecule has 10 heteroatoms. The summed E-state index contributed by atoms with van der Waals surface area (Å²) in [5.74, 6) is -3.03. The van der Waals surface area contributed by atoms with Gasteiger partial charge >= 0.3 is 5.97 Å². The molecule has 0 aromatic heterocycles. The van der Waals surface area contributed by atoms with Crippen molar-refractivity contribution in [3.8, 4) is 0 Å². The first kappa shape index (κ1) is 29.9. The number of nitrogens with zero attached hydrogens (tertiary/aromatic N) is 1. The molecule has 0 amide bonds. The number of aryl methyl sites for hydroxylation is 2. The van der Waals surface area contributed by atoms with Crippen LogP contribution in [-0.2, 0) is 30.7 Å². The molecular weight excluding hydrogens is 502 g/mol. The van der Waals surface area contributed by atoms with E-state index >= 15 is 0 Å². The van der Waals surface area contributed by atoms with E-state index in [9.17, 15) is 22.0 Å². The Morgan fingerprint density at radius 1 is 1.16 bits per heavy atom. The van der Waals surface area contributed by atoms with Crippen LogP contribution in [0.2, 0.25) is 0 Å². The Kier molecular flexibility index (Phi) is 10.1. The fraction of sp³-hybridized carbons (Fsp3) is 0.741. The summed E-state index contributed by atoms with van der Waals surface area (Å²) < 4.78 is 66.3. The van der Waals surface area contributed by atoms with E-state index in [1.54, 1.807) is 32.9 Å². The summed E-state index contributed by atoms with van der Waals surface area (Å²) in [6.45, 7) is 9.04. The standard InChI is InChI=1S/C27H42F2N2O5S/c1-20-9-10-24(37(33,34)31-16-5-8-23(31)25(32)36-26(2,3)4)21(19-20)7-6-17-35-18-15-30-22-11-13-27(28,29)14-12-22/h9-10,19,22-23,30H,5-8,11-18H2,1-4H3/t23-/m0/s1. The van der Waals surface area contributed by atoms with Gasteiger partial charge in [0.25, 0.3) is 0 Å². The second kappa shape index (κ2) is 12.5. The van der Waals surface area contributed by atoms with Crippen molar-refractivity contribution in [1.82, 2.24) is 9.62 Å². The van der Waals surface area contributed by atoms with Crippen LogP contribution >= 0.6 is 0 Å². The number of alkyl halides is 2. The summed E-state index contributed by atoms with van der Waals surface area (Å²) in [7, 11) is -3.88. The first-order valence-electron chi connectivity index (χ1n) is 13.3. The third-order valence-corrected chi connectivity index (χ3v) is 8.83. The topological polar surface area (TPSA) is 84.9 Å². The molecule has 0 unspecified atom stereocenters. The Morgan fingerprint density at radius 3 is 2.54 bits per heavy atom. The number of sulfonamides is 1. The second-order valence-corrected chi connectivity index (χ2v) is 13.1. The van der Waals surface area contributed by atoms with Crippen LogP contribution in [0.5, 0.6) is 0 Å². The number of rotatable bonds is 11. The molecule has 37 heavy (non-hydrogen) atoms. The van der Waals surface area contributed by atoms with Crippen LogP contribution in [0.4, 0.5) is 8.78 Å². The van der Waals surface area contributed by atoms with E-state index in [1.165, 1.54) is 4.31 Å². The molecule has 1 heterocycles. The number of benzene rings is 1. The van der Waals surface area contributed by atoms with Crippen LogP contribution in [-0.4, -0.2) is 68.6 Å². The fourth-order valence-corrected chi connectivity index (χ4v) is 6.84. The largest absolute Gasteiger partial charge is 0.459 e. The lowest BCUT2D eigenvalue weighted by atomic mass is 9.92. The summed E-state index contributed by atoms with van der Waals surface area (Å²) >= 11 is 0. The molecule has 1 saturated carbocycles. The van der Waals surface area contributed by atoms with Crippen LogP contribution < -0.4 is 5.32 Å². The van der Waals surface area contributed by atoms with E-state index in [4.69, 9.17) is 9.47 Å². The SMILES string of the molecule is Cc1ccc(S(=O)(=O)N2CCC[C@H]2C(=O)OC(C)(C)C)c(CCCOCCNC2CCC(F)(F)CC2)c1. The van der Waals surface area contributed by atoms with Gasteiger partial charge in [0.15, 0.2) is 0 Å². The fourth-order valence-electron chi connectivity index (χ4n) is 4.96. The minimum Gasteiger partial charge on any atom is -0.459 e. The van der Waals surface area contributed by atoms with Crippen LogP contribution in [0, 0.1) is 6.92 Å². The Labute approximate surface area is 220 Å². The summed E-state index contributed by atoms with van der Waals surface area (Å²) in [6, 6.07) is 4.58. The zero-order valence-electron chi connectivity index (χ0n) is 22.5. The third kappa shape index (κ3) is 8.70. The van der Waals surface area contributed by atoms with Crippen LogP contribution in [0.15, 0.2) is 23.1 Å². The van der Waals surface area contributed by atoms with Gasteiger partial charge in [-0.05, 0) is 77.8 Å². The van der Waals surface area contributed by atoms with E-state index in [0.29, 0.717) is 63.8 Å². The zero-order chi connectivity index (χ0) is 27.3. The molecule has 0 bridgehead atoms. The maximum Gasteiger partial charge on any atom is 0.324 e. The minimum atomic E-state index is -3.88. The highest BCUT2D eigenvalue weighted by atomic mass is 32.2. The van der Waals surface area contributed by atoms with E-state index < -0.39 is 33.6 Å². The number of carbonyl (C=O) groups excluding carboxylic acids is 1. The van der Waals surface area contributed by atoms with Crippen LogP contribution in [0.25, 0.3) is 0 Å². The van der Waals surface area contributed by atoms with Crippen molar-refractivity contribution < 1.29 is 31.5 Å². The summed E-state index contributed by atoms with van der Waals surface area (Å²) in [4.78, 5) is 13.0. The molecule has 0 radical (unpaired) electrons. The molecule has 1 aliphatic heterocycles. The molecule has 1 saturated heterocycles. The number of hydrogen-bond acceptors (Lipinski definition) is 6. The highest BCUT2D eigenvalue weighted by Crippen LogP contribution is 2.33. The highest BCUT2D eigenvalue weighted by molar-refractivity contribution is 7.89. The molecule has 1 aromatic carbocycles. The van der Waals surface area contributed by atoms with Gasteiger partial charge in [-0.1, -0.05) is 17.7 Å². The van der Waals surface area contributed by atoms with E-state index in [0.717, 1.165) is 5.56 Å². The number of nitrogens with one attached hydrogen (secondary N) is 1. The van der Waals surface area contributed by atoms with Gasteiger partial charge in [-0.25, -0.2) is 17.2 Å². The van der Waals surface area contributed by atoms with E-state index in [-0.39, 0.29) is 30.3 Å². The van der Waals surface area contributed by atoms with Crippen molar-refractivity contribution in [3.63, 3.8) is 0 Å². The molecule has 0 spiro atoms. The normalized spacial score (nSPS) is 21.3.